The van der Waals surface area contributed by atoms with Crippen LogP contribution in [0.1, 0.15) is 55.5 Å². The number of hydrogen-bond acceptors (Lipinski definition) is 4. The number of carbonyl (C=O) groups is 3. The molecule has 1 fully saturated rings. The van der Waals surface area contributed by atoms with E-state index in [1.165, 1.54) is 13.1 Å². The first-order valence-electron chi connectivity index (χ1n) is 9.70. The number of rotatable bonds is 5. The Morgan fingerprint density at radius 2 is 1.76 bits per heavy atom. The lowest BCUT2D eigenvalue weighted by atomic mass is 10.0. The average Bonchev–Trinajstić information content (AvgIpc) is 3.33. The molecule has 1 N–H and O–H groups in total. The van der Waals surface area contributed by atoms with E-state index < -0.39 is 0 Å². The monoisotopic (exact) mass is 411 g/mol. The SMILES string of the molecule is CN1C(=O)c2ccc(C(=O)NC[C@@H](c3ccccc3Cl)N3CCCC3)cc2C1=O. The van der Waals surface area contributed by atoms with Gasteiger partial charge in [0.05, 0.1) is 17.2 Å². The van der Waals surface area contributed by atoms with Gasteiger partial charge in [0.15, 0.2) is 0 Å². The molecule has 1 saturated heterocycles. The summed E-state index contributed by atoms with van der Waals surface area (Å²) in [5.41, 5.74) is 1.96. The smallest absolute Gasteiger partial charge is 0.261 e. The normalized spacial score (nSPS) is 17.5. The molecule has 2 aromatic rings. The van der Waals surface area contributed by atoms with Gasteiger partial charge < -0.3 is 5.32 Å². The first-order chi connectivity index (χ1) is 14.0. The number of likely N-dealkylation sites (tertiary alicyclic amines) is 1. The van der Waals surface area contributed by atoms with Crippen molar-refractivity contribution in [1.82, 2.24) is 15.1 Å². The molecule has 0 unspecified atom stereocenters. The minimum atomic E-state index is -0.384. The van der Waals surface area contributed by atoms with Crippen LogP contribution in [0.5, 0.6) is 0 Å². The lowest BCUT2D eigenvalue weighted by Crippen LogP contribution is -2.37. The first-order valence-corrected chi connectivity index (χ1v) is 10.1. The van der Waals surface area contributed by atoms with Crippen molar-refractivity contribution in [3.8, 4) is 0 Å². The lowest BCUT2D eigenvalue weighted by molar-refractivity contribution is 0.0693. The summed E-state index contributed by atoms with van der Waals surface area (Å²) in [5, 5.41) is 3.66. The molecule has 0 aromatic heterocycles. The standard InChI is InChI=1S/C22H22ClN3O3/c1-25-21(28)15-9-8-14(12-17(15)22(25)29)20(27)24-13-19(26-10-4-5-11-26)16-6-2-3-7-18(16)23/h2-3,6-9,12,19H,4-5,10-11,13H2,1H3,(H,24,27)/t19-/m0/s1. The zero-order chi connectivity index (χ0) is 20.5. The van der Waals surface area contributed by atoms with Gasteiger partial charge in [-0.15, -0.1) is 0 Å². The van der Waals surface area contributed by atoms with Crippen molar-refractivity contribution in [2.75, 3.05) is 26.7 Å². The van der Waals surface area contributed by atoms with Crippen LogP contribution in [-0.2, 0) is 0 Å². The summed E-state index contributed by atoms with van der Waals surface area (Å²) in [6, 6.07) is 12.3. The zero-order valence-corrected chi connectivity index (χ0v) is 16.9. The van der Waals surface area contributed by atoms with Gasteiger partial charge in [0.25, 0.3) is 17.7 Å². The highest BCUT2D eigenvalue weighted by Gasteiger charge is 2.33. The van der Waals surface area contributed by atoms with E-state index in [4.69, 9.17) is 11.6 Å². The summed E-state index contributed by atoms with van der Waals surface area (Å²) in [4.78, 5) is 40.4. The molecule has 4 rings (SSSR count). The highest BCUT2D eigenvalue weighted by molar-refractivity contribution is 6.31. The van der Waals surface area contributed by atoms with E-state index in [0.717, 1.165) is 36.4 Å². The third-order valence-corrected chi connectivity index (χ3v) is 6.00. The summed E-state index contributed by atoms with van der Waals surface area (Å²) in [6.07, 6.45) is 2.26. The molecule has 0 saturated carbocycles. The van der Waals surface area contributed by atoms with Gasteiger partial charge in [-0.1, -0.05) is 29.8 Å². The van der Waals surface area contributed by atoms with Crippen LogP contribution in [-0.4, -0.2) is 54.2 Å². The summed E-state index contributed by atoms with van der Waals surface area (Å²) < 4.78 is 0. The maximum atomic E-state index is 12.8. The van der Waals surface area contributed by atoms with E-state index >= 15 is 0 Å². The van der Waals surface area contributed by atoms with Crippen LogP contribution >= 0.6 is 11.6 Å². The van der Waals surface area contributed by atoms with Gasteiger partial charge in [-0.05, 0) is 55.8 Å². The van der Waals surface area contributed by atoms with Crippen LogP contribution in [0.25, 0.3) is 0 Å². The van der Waals surface area contributed by atoms with E-state index in [9.17, 15) is 14.4 Å². The molecule has 2 aliphatic rings. The maximum absolute atomic E-state index is 12.8. The van der Waals surface area contributed by atoms with Gasteiger partial charge in [-0.2, -0.15) is 0 Å². The van der Waals surface area contributed by atoms with Crippen molar-refractivity contribution in [2.24, 2.45) is 0 Å². The van der Waals surface area contributed by atoms with Crippen LogP contribution < -0.4 is 5.32 Å². The fraction of sp³-hybridized carbons (Fsp3) is 0.318. The Labute approximate surface area is 174 Å². The molecule has 2 aliphatic heterocycles. The van der Waals surface area contributed by atoms with Crippen molar-refractivity contribution < 1.29 is 14.4 Å². The number of carbonyl (C=O) groups excluding carboxylic acids is 3. The number of hydrogen-bond donors (Lipinski definition) is 1. The van der Waals surface area contributed by atoms with Gasteiger partial charge in [0, 0.05) is 24.2 Å². The molecule has 0 bridgehead atoms. The number of fused-ring (bicyclic) bond motifs is 1. The van der Waals surface area contributed by atoms with Gasteiger partial charge in [-0.25, -0.2) is 0 Å². The van der Waals surface area contributed by atoms with Crippen LogP contribution in [0.15, 0.2) is 42.5 Å². The average molecular weight is 412 g/mol. The van der Waals surface area contributed by atoms with Crippen molar-refractivity contribution >= 4 is 29.3 Å². The molecule has 7 heteroatoms. The van der Waals surface area contributed by atoms with Crippen molar-refractivity contribution in [3.05, 3.63) is 69.7 Å². The molecule has 2 heterocycles. The van der Waals surface area contributed by atoms with Crippen LogP contribution in [0.3, 0.4) is 0 Å². The molecular formula is C22H22ClN3O3. The van der Waals surface area contributed by atoms with Crippen molar-refractivity contribution in [3.63, 3.8) is 0 Å². The Kier molecular flexibility index (Phi) is 5.39. The molecule has 2 aromatic carbocycles. The Balaban J connectivity index is 1.53. The van der Waals surface area contributed by atoms with E-state index in [-0.39, 0.29) is 29.3 Å². The first kappa shape index (κ1) is 19.6. The number of nitrogens with zero attached hydrogens (tertiary/aromatic N) is 2. The third-order valence-electron chi connectivity index (χ3n) is 5.65. The zero-order valence-electron chi connectivity index (χ0n) is 16.2. The third kappa shape index (κ3) is 3.66. The maximum Gasteiger partial charge on any atom is 0.261 e. The Bertz CT molecular complexity index is 985. The summed E-state index contributed by atoms with van der Waals surface area (Å²) >= 11 is 6.42. The predicted octanol–water partition coefficient (Wildman–Crippen LogP) is 3.13. The lowest BCUT2D eigenvalue weighted by Gasteiger charge is -2.29. The molecular weight excluding hydrogens is 390 g/mol. The Hall–Kier alpha value is -2.70. The predicted molar refractivity (Wildman–Crippen MR) is 110 cm³/mol. The van der Waals surface area contributed by atoms with E-state index in [1.807, 2.05) is 24.3 Å². The number of halogens is 1. The fourth-order valence-electron chi connectivity index (χ4n) is 4.03. The second-order valence-corrected chi connectivity index (χ2v) is 7.83. The second kappa shape index (κ2) is 7.97. The van der Waals surface area contributed by atoms with Gasteiger partial charge in [0.1, 0.15) is 0 Å². The van der Waals surface area contributed by atoms with E-state index in [1.54, 1.807) is 12.1 Å². The number of imide groups is 1. The summed E-state index contributed by atoms with van der Waals surface area (Å²) in [5.74, 6) is -1.01. The van der Waals surface area contributed by atoms with E-state index in [0.29, 0.717) is 22.7 Å². The molecule has 0 radical (unpaired) electrons. The molecule has 1 atom stereocenters. The highest BCUT2D eigenvalue weighted by Crippen LogP contribution is 2.30. The van der Waals surface area contributed by atoms with Gasteiger partial charge >= 0.3 is 0 Å². The highest BCUT2D eigenvalue weighted by atomic mass is 35.5. The summed E-state index contributed by atoms with van der Waals surface area (Å²) in [7, 11) is 1.44. The van der Waals surface area contributed by atoms with Gasteiger partial charge in [-0.3, -0.25) is 24.2 Å². The van der Waals surface area contributed by atoms with Crippen LogP contribution in [0.2, 0.25) is 5.02 Å². The van der Waals surface area contributed by atoms with Crippen molar-refractivity contribution in [1.29, 1.82) is 0 Å². The fourth-order valence-corrected chi connectivity index (χ4v) is 4.29. The van der Waals surface area contributed by atoms with Crippen LogP contribution in [0.4, 0.5) is 0 Å². The number of benzene rings is 2. The van der Waals surface area contributed by atoms with Crippen LogP contribution in [0, 0.1) is 0 Å². The molecule has 6 nitrogen and oxygen atoms in total. The Morgan fingerprint density at radius 1 is 1.07 bits per heavy atom. The van der Waals surface area contributed by atoms with Crippen molar-refractivity contribution in [2.45, 2.75) is 18.9 Å². The quantitative estimate of drug-likeness (QED) is 0.767. The minimum Gasteiger partial charge on any atom is -0.350 e. The minimum absolute atomic E-state index is 0.0149. The van der Waals surface area contributed by atoms with Gasteiger partial charge in [0.2, 0.25) is 0 Å². The van der Waals surface area contributed by atoms with E-state index in [2.05, 4.69) is 10.2 Å². The second-order valence-electron chi connectivity index (χ2n) is 7.42. The molecule has 29 heavy (non-hydrogen) atoms. The Morgan fingerprint density at radius 3 is 2.48 bits per heavy atom. The largest absolute Gasteiger partial charge is 0.350 e. The number of nitrogens with one attached hydrogen (secondary N) is 1. The summed E-state index contributed by atoms with van der Waals surface area (Å²) in [6.45, 7) is 2.34. The number of amides is 3. The molecule has 0 spiro atoms. The topological polar surface area (TPSA) is 69.7 Å². The molecule has 150 valence electrons. The molecule has 0 aliphatic carbocycles. The molecule has 3 amide bonds.